The van der Waals surface area contributed by atoms with Crippen molar-refractivity contribution in [2.24, 2.45) is 0 Å². The third-order valence-electron chi connectivity index (χ3n) is 5.18. The summed E-state index contributed by atoms with van der Waals surface area (Å²) in [7, 11) is 0. The fourth-order valence-electron chi connectivity index (χ4n) is 3.65. The van der Waals surface area contributed by atoms with Crippen molar-refractivity contribution in [3.63, 3.8) is 0 Å². The lowest BCUT2D eigenvalue weighted by atomic mass is 9.87. The Morgan fingerprint density at radius 3 is 2.52 bits per heavy atom. The van der Waals surface area contributed by atoms with Gasteiger partial charge >= 0.3 is 5.97 Å². The van der Waals surface area contributed by atoms with Gasteiger partial charge in [0.25, 0.3) is 0 Å². The summed E-state index contributed by atoms with van der Waals surface area (Å²) < 4.78 is 13.7. The van der Waals surface area contributed by atoms with Crippen LogP contribution in [0.15, 0.2) is 72.6 Å². The van der Waals surface area contributed by atoms with E-state index in [1.54, 1.807) is 24.5 Å². The van der Waals surface area contributed by atoms with Crippen molar-refractivity contribution in [1.82, 2.24) is 4.98 Å². The quantitative estimate of drug-likeness (QED) is 0.225. The summed E-state index contributed by atoms with van der Waals surface area (Å²) in [6.45, 7) is 4.00. The zero-order valence-electron chi connectivity index (χ0n) is 18.3. The third kappa shape index (κ3) is 5.96. The van der Waals surface area contributed by atoms with Crippen LogP contribution in [0.2, 0.25) is 5.02 Å². The number of benzene rings is 2. The molecule has 168 valence electrons. The van der Waals surface area contributed by atoms with Crippen molar-refractivity contribution < 1.29 is 14.3 Å². The van der Waals surface area contributed by atoms with E-state index in [1.807, 2.05) is 44.2 Å². The second-order valence-corrected chi connectivity index (χ2v) is 7.86. The van der Waals surface area contributed by atoms with E-state index in [9.17, 15) is 9.18 Å². The molecule has 0 saturated heterocycles. The molecule has 3 aromatic rings. The van der Waals surface area contributed by atoms with Crippen molar-refractivity contribution in [2.75, 3.05) is 5.73 Å². The number of nitrogens with two attached hydrogens (primary N) is 1. The number of carboxylic acids is 1. The molecule has 0 radical (unpaired) electrons. The fraction of sp³-hybridized carbons (Fsp3) is 0.111. The Morgan fingerprint density at radius 1 is 1.18 bits per heavy atom. The predicted molar refractivity (Wildman–Crippen MR) is 134 cm³/mol. The van der Waals surface area contributed by atoms with Crippen LogP contribution in [0.25, 0.3) is 23.3 Å². The third-order valence-corrected chi connectivity index (χ3v) is 5.50. The molecule has 3 rings (SSSR count). The van der Waals surface area contributed by atoms with Gasteiger partial charge in [-0.3, -0.25) is 4.98 Å². The van der Waals surface area contributed by atoms with Gasteiger partial charge in [-0.25, -0.2) is 9.18 Å². The van der Waals surface area contributed by atoms with Crippen LogP contribution in [-0.2, 0) is 4.79 Å². The summed E-state index contributed by atoms with van der Waals surface area (Å²) in [5, 5.41) is 9.21. The van der Waals surface area contributed by atoms with Crippen molar-refractivity contribution in [3.8, 4) is 0 Å². The highest BCUT2D eigenvalue weighted by Crippen LogP contribution is 2.38. The number of anilines is 1. The molecule has 4 nitrogen and oxygen atoms in total. The number of pyridine rings is 1. The number of hydrogen-bond acceptors (Lipinski definition) is 3. The topological polar surface area (TPSA) is 76.2 Å². The van der Waals surface area contributed by atoms with Gasteiger partial charge in [-0.1, -0.05) is 48.9 Å². The van der Waals surface area contributed by atoms with Crippen LogP contribution >= 0.6 is 11.6 Å². The van der Waals surface area contributed by atoms with Crippen molar-refractivity contribution in [1.29, 1.82) is 0 Å². The van der Waals surface area contributed by atoms with Crippen molar-refractivity contribution in [2.45, 2.75) is 20.3 Å². The maximum atomic E-state index is 13.7. The van der Waals surface area contributed by atoms with Gasteiger partial charge in [-0.05, 0) is 77.1 Å². The molecule has 0 fully saturated rings. The van der Waals surface area contributed by atoms with Crippen molar-refractivity contribution >= 4 is 46.6 Å². The van der Waals surface area contributed by atoms with Gasteiger partial charge < -0.3 is 10.8 Å². The molecule has 0 spiro atoms. The van der Waals surface area contributed by atoms with Gasteiger partial charge in [-0.2, -0.15) is 0 Å². The standard InChI is InChI=1S/C27H24ClFN2O2/c1-3-22(23-10-9-21(29)15-24(23)28)27(17(2)14-20-16-31-13-12-25(20)30)19-7-4-18(5-8-19)6-11-26(32)33/h4-16H,3H2,1-2H3,(H2,30,31)(H,32,33)/b11-6+,17-14+,27-22-. The average molecular weight is 463 g/mol. The number of carbonyl (C=O) groups is 1. The molecular weight excluding hydrogens is 439 g/mol. The zero-order chi connectivity index (χ0) is 24.0. The van der Waals surface area contributed by atoms with E-state index in [0.29, 0.717) is 17.1 Å². The molecule has 0 bridgehead atoms. The van der Waals surface area contributed by atoms with Crippen LogP contribution in [0.4, 0.5) is 10.1 Å². The van der Waals surface area contributed by atoms with Gasteiger partial charge in [0.1, 0.15) is 5.82 Å². The van der Waals surface area contributed by atoms with Gasteiger partial charge in [0.05, 0.1) is 5.02 Å². The minimum Gasteiger partial charge on any atom is -0.478 e. The number of allylic oxidation sites excluding steroid dienone is 3. The number of aliphatic carboxylic acids is 1. The molecular formula is C27H24ClFN2O2. The van der Waals surface area contributed by atoms with Gasteiger partial charge in [-0.15, -0.1) is 0 Å². The molecule has 1 aromatic heterocycles. The summed E-state index contributed by atoms with van der Waals surface area (Å²) in [6.07, 6.45) is 8.58. The number of rotatable bonds is 7. The summed E-state index contributed by atoms with van der Waals surface area (Å²) in [6, 6.07) is 13.7. The molecule has 0 amide bonds. The lowest BCUT2D eigenvalue weighted by Crippen LogP contribution is -1.97. The second-order valence-electron chi connectivity index (χ2n) is 7.46. The Hall–Kier alpha value is -3.70. The SMILES string of the molecule is CC/C(=C(\C(C)=C\c1cnccc1N)c1ccc(/C=C/C(=O)O)cc1)c1ccc(F)cc1Cl. The smallest absolute Gasteiger partial charge is 0.328 e. The lowest BCUT2D eigenvalue weighted by Gasteiger charge is -2.18. The molecule has 0 unspecified atom stereocenters. The molecule has 33 heavy (non-hydrogen) atoms. The van der Waals surface area contributed by atoms with E-state index in [1.165, 1.54) is 18.2 Å². The van der Waals surface area contributed by atoms with Gasteiger partial charge in [0.2, 0.25) is 0 Å². The number of nitrogens with zero attached hydrogens (tertiary/aromatic N) is 1. The second kappa shape index (κ2) is 10.7. The first-order chi connectivity index (χ1) is 15.8. The van der Waals surface area contributed by atoms with E-state index < -0.39 is 11.8 Å². The van der Waals surface area contributed by atoms with Gasteiger partial charge in [0, 0.05) is 29.7 Å². The minimum absolute atomic E-state index is 0.332. The lowest BCUT2D eigenvalue weighted by molar-refractivity contribution is -0.131. The highest BCUT2D eigenvalue weighted by Gasteiger charge is 2.16. The highest BCUT2D eigenvalue weighted by atomic mass is 35.5. The Kier molecular flexibility index (Phi) is 7.80. The van der Waals surface area contributed by atoms with E-state index in [-0.39, 0.29) is 0 Å². The first-order valence-corrected chi connectivity index (χ1v) is 10.8. The summed E-state index contributed by atoms with van der Waals surface area (Å²) >= 11 is 6.43. The predicted octanol–water partition coefficient (Wildman–Crippen LogP) is 6.98. The fourth-order valence-corrected chi connectivity index (χ4v) is 3.93. The average Bonchev–Trinajstić information content (AvgIpc) is 2.78. The maximum Gasteiger partial charge on any atom is 0.328 e. The molecule has 0 aliphatic carbocycles. The first kappa shape index (κ1) is 24.0. The van der Waals surface area contributed by atoms with Crippen LogP contribution in [-0.4, -0.2) is 16.1 Å². The highest BCUT2D eigenvalue weighted by molar-refractivity contribution is 6.32. The number of halogens is 2. The van der Waals surface area contributed by atoms with E-state index in [4.69, 9.17) is 22.4 Å². The Bertz CT molecular complexity index is 1260. The summed E-state index contributed by atoms with van der Waals surface area (Å²) in [5.74, 6) is -1.41. The number of aromatic nitrogens is 1. The Labute approximate surface area is 197 Å². The maximum absolute atomic E-state index is 13.7. The molecule has 6 heteroatoms. The zero-order valence-corrected chi connectivity index (χ0v) is 19.1. The van der Waals surface area contributed by atoms with Gasteiger partial charge in [0.15, 0.2) is 0 Å². The minimum atomic E-state index is -1.01. The molecule has 1 heterocycles. The number of carboxylic acid groups (broad SMARTS) is 1. The van der Waals surface area contributed by atoms with Crippen LogP contribution in [0.1, 0.15) is 42.5 Å². The van der Waals surface area contributed by atoms with E-state index >= 15 is 0 Å². The number of hydrogen-bond donors (Lipinski definition) is 2. The monoisotopic (exact) mass is 462 g/mol. The Morgan fingerprint density at radius 2 is 1.91 bits per heavy atom. The van der Waals surface area contributed by atoms with Crippen LogP contribution < -0.4 is 5.73 Å². The molecule has 2 aromatic carbocycles. The molecule has 0 aliphatic heterocycles. The Balaban J connectivity index is 2.22. The van der Waals surface area contributed by atoms with Crippen LogP contribution in [0, 0.1) is 5.82 Å². The van der Waals surface area contributed by atoms with Crippen LogP contribution in [0.5, 0.6) is 0 Å². The molecule has 0 atom stereocenters. The van der Waals surface area contributed by atoms with E-state index in [2.05, 4.69) is 4.98 Å². The summed E-state index contributed by atoms with van der Waals surface area (Å²) in [5.41, 5.74) is 12.8. The first-order valence-electron chi connectivity index (χ1n) is 10.4. The molecule has 0 saturated carbocycles. The summed E-state index contributed by atoms with van der Waals surface area (Å²) in [4.78, 5) is 15.0. The molecule has 0 aliphatic rings. The largest absolute Gasteiger partial charge is 0.478 e. The van der Waals surface area contributed by atoms with Crippen molar-refractivity contribution in [3.05, 3.63) is 106 Å². The number of nitrogen functional groups attached to an aromatic ring is 1. The van der Waals surface area contributed by atoms with Crippen LogP contribution in [0.3, 0.4) is 0 Å². The molecule has 3 N–H and O–H groups in total. The normalized spacial score (nSPS) is 12.7. The van der Waals surface area contributed by atoms with E-state index in [0.717, 1.165) is 45.0 Å².